The Morgan fingerprint density at radius 2 is 1.94 bits per heavy atom. The Bertz CT molecular complexity index is 309. The summed E-state index contributed by atoms with van der Waals surface area (Å²) in [6.45, 7) is 1.72. The lowest BCUT2D eigenvalue weighted by molar-refractivity contribution is -0.122. The van der Waals surface area contributed by atoms with Crippen LogP contribution in [0, 0.1) is 0 Å². The highest BCUT2D eigenvalue weighted by molar-refractivity contribution is 5.85. The molecule has 1 aromatic heterocycles. The van der Waals surface area contributed by atoms with E-state index in [2.05, 4.69) is 4.98 Å². The smallest absolute Gasteiger partial charge is 0.152 e. The average Bonchev–Trinajstić information content (AvgIpc) is 2.27. The van der Waals surface area contributed by atoms with Gasteiger partial charge in [0.2, 0.25) is 0 Å². The molecular formula is C10H16Cl2N2O2. The van der Waals surface area contributed by atoms with Gasteiger partial charge < -0.3 is 10.8 Å². The van der Waals surface area contributed by atoms with Crippen molar-refractivity contribution in [3.05, 3.63) is 30.1 Å². The summed E-state index contributed by atoms with van der Waals surface area (Å²) in [6, 6.07) is 2.45. The predicted octanol–water partition coefficient (Wildman–Crippen LogP) is 1.26. The molecule has 0 aliphatic rings. The highest BCUT2D eigenvalue weighted by Crippen LogP contribution is 2.15. The van der Waals surface area contributed by atoms with E-state index in [1.807, 2.05) is 0 Å². The maximum absolute atomic E-state index is 11.2. The zero-order valence-electron chi connectivity index (χ0n) is 8.87. The summed E-state index contributed by atoms with van der Waals surface area (Å²) in [5.74, 6) is -0.144. The zero-order valence-corrected chi connectivity index (χ0v) is 10.5. The Kier molecular flexibility index (Phi) is 9.37. The number of Topliss-reactive ketones (excluding diaryl/α,β-unsaturated/α-hetero) is 1. The van der Waals surface area contributed by atoms with Crippen LogP contribution in [-0.2, 0) is 4.79 Å². The van der Waals surface area contributed by atoms with Gasteiger partial charge in [-0.3, -0.25) is 9.78 Å². The van der Waals surface area contributed by atoms with E-state index in [-0.39, 0.29) is 30.6 Å². The van der Waals surface area contributed by atoms with Crippen molar-refractivity contribution in [3.63, 3.8) is 0 Å². The fraction of sp³-hybridized carbons (Fsp3) is 0.400. The van der Waals surface area contributed by atoms with Crippen LogP contribution >= 0.6 is 24.8 Å². The third-order valence-corrected chi connectivity index (χ3v) is 2.11. The van der Waals surface area contributed by atoms with Crippen LogP contribution in [-0.4, -0.2) is 21.9 Å². The molecule has 0 radical (unpaired) electrons. The first-order valence-electron chi connectivity index (χ1n) is 4.53. The fourth-order valence-corrected chi connectivity index (χ4v) is 1.18. The molecule has 0 bridgehead atoms. The molecule has 16 heavy (non-hydrogen) atoms. The third kappa shape index (κ3) is 4.45. The summed E-state index contributed by atoms with van der Waals surface area (Å²) < 4.78 is 0. The van der Waals surface area contributed by atoms with Crippen LogP contribution in [0.3, 0.4) is 0 Å². The summed E-state index contributed by atoms with van der Waals surface area (Å²) in [5, 5.41) is 9.72. The molecule has 0 saturated carbocycles. The molecule has 0 spiro atoms. The first-order chi connectivity index (χ1) is 6.66. The van der Waals surface area contributed by atoms with Gasteiger partial charge >= 0.3 is 0 Å². The number of carbonyl (C=O) groups excluding carboxylic acids is 1. The minimum Gasteiger partial charge on any atom is -0.386 e. The highest BCUT2D eigenvalue weighted by atomic mass is 35.5. The van der Waals surface area contributed by atoms with Crippen molar-refractivity contribution < 1.29 is 9.90 Å². The van der Waals surface area contributed by atoms with E-state index in [1.165, 1.54) is 0 Å². The number of hydrogen-bond donors (Lipinski definition) is 2. The van der Waals surface area contributed by atoms with Crippen LogP contribution in [0.5, 0.6) is 0 Å². The summed E-state index contributed by atoms with van der Waals surface area (Å²) in [5.41, 5.74) is 6.20. The van der Waals surface area contributed by atoms with Crippen LogP contribution in [0.1, 0.15) is 25.0 Å². The van der Waals surface area contributed by atoms with Crippen LogP contribution in [0.15, 0.2) is 24.5 Å². The largest absolute Gasteiger partial charge is 0.386 e. The molecule has 0 aliphatic carbocycles. The van der Waals surface area contributed by atoms with Crippen LogP contribution < -0.4 is 5.73 Å². The van der Waals surface area contributed by atoms with Crippen LogP contribution in [0.4, 0.5) is 0 Å². The standard InChI is InChI=1S/C10H14N2O2.2ClH/c1-2-8(13)9(11)10(14)7-3-5-12-6-4-7;;/h3-6,9-10,14H,2,11H2,1H3;2*1H. The Labute approximate surface area is 107 Å². The number of nitrogens with zero attached hydrogens (tertiary/aromatic N) is 1. The van der Waals surface area contributed by atoms with Crippen molar-refractivity contribution in [2.24, 2.45) is 5.73 Å². The molecule has 2 atom stereocenters. The first kappa shape index (κ1) is 17.7. The molecule has 2 unspecified atom stereocenters. The van der Waals surface area contributed by atoms with E-state index in [0.717, 1.165) is 0 Å². The fourth-order valence-electron chi connectivity index (χ4n) is 1.18. The lowest BCUT2D eigenvalue weighted by Gasteiger charge is -2.16. The number of aromatic nitrogens is 1. The molecule has 1 heterocycles. The maximum Gasteiger partial charge on any atom is 0.152 e. The van der Waals surface area contributed by atoms with Crippen LogP contribution in [0.25, 0.3) is 0 Å². The van der Waals surface area contributed by atoms with Gasteiger partial charge in [0.15, 0.2) is 5.78 Å². The van der Waals surface area contributed by atoms with Gasteiger partial charge in [0.05, 0.1) is 6.04 Å². The monoisotopic (exact) mass is 266 g/mol. The second-order valence-electron chi connectivity index (χ2n) is 3.07. The van der Waals surface area contributed by atoms with Gasteiger partial charge in [0.25, 0.3) is 0 Å². The van der Waals surface area contributed by atoms with Crippen molar-refractivity contribution in [2.45, 2.75) is 25.5 Å². The minimum atomic E-state index is -0.939. The second kappa shape index (κ2) is 8.47. The SMILES string of the molecule is CCC(=O)C(N)C(O)c1ccncc1.Cl.Cl. The summed E-state index contributed by atoms with van der Waals surface area (Å²) in [4.78, 5) is 15.0. The lowest BCUT2D eigenvalue weighted by atomic mass is 9.99. The van der Waals surface area contributed by atoms with Gasteiger partial charge in [-0.15, -0.1) is 24.8 Å². The maximum atomic E-state index is 11.2. The van der Waals surface area contributed by atoms with Gasteiger partial charge in [-0.25, -0.2) is 0 Å². The van der Waals surface area contributed by atoms with Gasteiger partial charge in [0, 0.05) is 18.8 Å². The number of rotatable bonds is 4. The van der Waals surface area contributed by atoms with Gasteiger partial charge in [-0.05, 0) is 17.7 Å². The van der Waals surface area contributed by atoms with E-state index >= 15 is 0 Å². The molecule has 1 aromatic rings. The number of pyridine rings is 1. The van der Waals surface area contributed by atoms with Gasteiger partial charge in [-0.1, -0.05) is 6.92 Å². The van der Waals surface area contributed by atoms with E-state index in [0.29, 0.717) is 12.0 Å². The molecular weight excluding hydrogens is 251 g/mol. The number of hydrogen-bond acceptors (Lipinski definition) is 4. The number of aliphatic hydroxyl groups is 1. The molecule has 0 aliphatic heterocycles. The summed E-state index contributed by atoms with van der Waals surface area (Å²) in [6.07, 6.45) is 2.51. The first-order valence-corrected chi connectivity index (χ1v) is 4.53. The molecule has 0 saturated heterocycles. The number of nitrogens with two attached hydrogens (primary N) is 1. The highest BCUT2D eigenvalue weighted by Gasteiger charge is 2.22. The summed E-state index contributed by atoms with van der Waals surface area (Å²) >= 11 is 0. The molecule has 3 N–H and O–H groups in total. The zero-order chi connectivity index (χ0) is 10.6. The molecule has 0 aromatic carbocycles. The Morgan fingerprint density at radius 3 is 2.38 bits per heavy atom. The molecule has 0 fully saturated rings. The number of halogens is 2. The van der Waals surface area contributed by atoms with Crippen molar-refractivity contribution in [1.29, 1.82) is 0 Å². The van der Waals surface area contributed by atoms with Crippen LogP contribution in [0.2, 0.25) is 0 Å². The van der Waals surface area contributed by atoms with Crippen molar-refractivity contribution in [3.8, 4) is 0 Å². The molecule has 0 amide bonds. The quantitative estimate of drug-likeness (QED) is 0.861. The number of aliphatic hydroxyl groups excluding tert-OH is 1. The normalized spacial score (nSPS) is 12.9. The number of carbonyl (C=O) groups is 1. The molecule has 92 valence electrons. The molecule has 6 heteroatoms. The summed E-state index contributed by atoms with van der Waals surface area (Å²) in [7, 11) is 0. The Hall–Kier alpha value is -0.680. The van der Waals surface area contributed by atoms with E-state index in [4.69, 9.17) is 5.73 Å². The van der Waals surface area contributed by atoms with Crippen molar-refractivity contribution in [1.82, 2.24) is 4.98 Å². The van der Waals surface area contributed by atoms with E-state index < -0.39 is 12.1 Å². The number of ketones is 1. The Balaban J connectivity index is 0. The van der Waals surface area contributed by atoms with Gasteiger partial charge in [0.1, 0.15) is 6.10 Å². The van der Waals surface area contributed by atoms with Crippen molar-refractivity contribution in [2.75, 3.05) is 0 Å². The average molecular weight is 267 g/mol. The molecule has 4 nitrogen and oxygen atoms in total. The third-order valence-electron chi connectivity index (χ3n) is 2.11. The topological polar surface area (TPSA) is 76.2 Å². The lowest BCUT2D eigenvalue weighted by Crippen LogP contribution is -2.36. The predicted molar refractivity (Wildman–Crippen MR) is 67.0 cm³/mol. The second-order valence-corrected chi connectivity index (χ2v) is 3.07. The Morgan fingerprint density at radius 1 is 1.44 bits per heavy atom. The van der Waals surface area contributed by atoms with E-state index in [9.17, 15) is 9.90 Å². The van der Waals surface area contributed by atoms with Crippen molar-refractivity contribution >= 4 is 30.6 Å². The van der Waals surface area contributed by atoms with E-state index in [1.54, 1.807) is 31.5 Å². The molecule has 1 rings (SSSR count). The minimum absolute atomic E-state index is 0. The van der Waals surface area contributed by atoms with Gasteiger partial charge in [-0.2, -0.15) is 0 Å².